The molecule has 0 unspecified atom stereocenters. The Labute approximate surface area is 73.4 Å². The van der Waals surface area contributed by atoms with Gasteiger partial charge < -0.3 is 0 Å². The number of nitrogens with zero attached hydrogens (tertiary/aromatic N) is 2. The van der Waals surface area contributed by atoms with Gasteiger partial charge in [-0.15, -0.1) is 0 Å². The van der Waals surface area contributed by atoms with Crippen molar-refractivity contribution in [2.45, 2.75) is 19.9 Å². The molecule has 0 spiro atoms. The van der Waals surface area contributed by atoms with Crippen molar-refractivity contribution < 1.29 is 4.57 Å². The van der Waals surface area contributed by atoms with E-state index in [0.717, 1.165) is 26.2 Å². The Morgan fingerprint density at radius 3 is 1.83 bits per heavy atom. The van der Waals surface area contributed by atoms with E-state index in [-0.39, 0.29) is 0 Å². The van der Waals surface area contributed by atoms with Crippen LogP contribution >= 0.6 is 7.59 Å². The lowest BCUT2D eigenvalue weighted by molar-refractivity contribution is 0.493. The first-order valence-corrected chi connectivity index (χ1v) is 6.13. The topological polar surface area (TPSA) is 35.1 Å². The zero-order valence-corrected chi connectivity index (χ0v) is 8.55. The van der Waals surface area contributed by atoms with Crippen LogP contribution in [0.15, 0.2) is 0 Å². The zero-order valence-electron chi connectivity index (χ0n) is 7.66. The Morgan fingerprint density at radius 1 is 1.17 bits per heavy atom. The van der Waals surface area contributed by atoms with Crippen molar-refractivity contribution in [3.8, 4) is 0 Å². The van der Waals surface area contributed by atoms with E-state index in [1.165, 1.54) is 0 Å². The third kappa shape index (κ3) is 1.57. The zero-order chi connectivity index (χ0) is 8.77. The van der Waals surface area contributed by atoms with Crippen LogP contribution in [0.25, 0.3) is 0 Å². The maximum atomic E-state index is 12.3. The van der Waals surface area contributed by atoms with Gasteiger partial charge in [-0.2, -0.15) is 0 Å². The molecule has 0 saturated carbocycles. The van der Waals surface area contributed by atoms with E-state index < -0.39 is 7.59 Å². The lowest BCUT2D eigenvalue weighted by atomic mass is 10.4. The summed E-state index contributed by atoms with van der Waals surface area (Å²) < 4.78 is 16.4. The summed E-state index contributed by atoms with van der Waals surface area (Å²) in [5, 5.41) is 3.19. The lowest BCUT2D eigenvalue weighted by Gasteiger charge is -2.23. The van der Waals surface area contributed by atoms with Crippen molar-refractivity contribution in [1.29, 1.82) is 0 Å². The van der Waals surface area contributed by atoms with Crippen molar-refractivity contribution in [1.82, 2.24) is 14.4 Å². The Balaban J connectivity index is 2.04. The number of hydrogen-bond acceptors (Lipinski definition) is 1. The maximum absolute atomic E-state index is 12.3. The van der Waals surface area contributed by atoms with Crippen molar-refractivity contribution in [2.24, 2.45) is 0 Å². The monoisotopic (exact) mass is 189 g/mol. The molecule has 2 saturated heterocycles. The maximum Gasteiger partial charge on any atom is 0.284 e. The summed E-state index contributed by atoms with van der Waals surface area (Å²) in [5.74, 6) is 0. The molecular weight excluding hydrogens is 173 g/mol. The third-order valence-electron chi connectivity index (χ3n) is 2.04. The van der Waals surface area contributed by atoms with Crippen LogP contribution in [0.5, 0.6) is 0 Å². The smallest absolute Gasteiger partial charge is 0.270 e. The Hall–Kier alpha value is 0.110. The quantitative estimate of drug-likeness (QED) is 0.522. The predicted molar refractivity (Wildman–Crippen MR) is 49.0 cm³/mol. The predicted octanol–water partition coefficient (Wildman–Crippen LogP) is 0.724. The SMILES string of the molecule is CC(C)NP(=O)(N1CC1)N1CC1. The molecule has 12 heavy (non-hydrogen) atoms. The minimum atomic E-state index is -2.28. The summed E-state index contributed by atoms with van der Waals surface area (Å²) in [6, 6.07) is 0.303. The van der Waals surface area contributed by atoms with E-state index in [9.17, 15) is 4.57 Å². The standard InChI is InChI=1S/C7H16N3OP/c1-7(2)8-12(11,9-3-4-9)10-5-6-10/h7H,3-6H2,1-2H3,(H,8,11). The van der Waals surface area contributed by atoms with Gasteiger partial charge in [0.15, 0.2) is 0 Å². The van der Waals surface area contributed by atoms with E-state index in [0.29, 0.717) is 6.04 Å². The molecule has 2 heterocycles. The Kier molecular flexibility index (Phi) is 2.04. The molecule has 2 aliphatic heterocycles. The average Bonchev–Trinajstić information content (AvgIpc) is 2.82. The molecule has 0 aromatic carbocycles. The molecule has 1 N–H and O–H groups in total. The molecule has 2 aliphatic rings. The van der Waals surface area contributed by atoms with E-state index in [2.05, 4.69) is 5.09 Å². The molecule has 0 amide bonds. The van der Waals surface area contributed by atoms with Gasteiger partial charge in [0.1, 0.15) is 0 Å². The van der Waals surface area contributed by atoms with Gasteiger partial charge in [0, 0.05) is 32.2 Å². The van der Waals surface area contributed by atoms with E-state index in [4.69, 9.17) is 0 Å². The number of hydrogen-bond donors (Lipinski definition) is 1. The summed E-state index contributed by atoms with van der Waals surface area (Å²) in [6.07, 6.45) is 0. The van der Waals surface area contributed by atoms with E-state index in [1.807, 2.05) is 23.2 Å². The fourth-order valence-electron chi connectivity index (χ4n) is 1.31. The fourth-order valence-corrected chi connectivity index (χ4v) is 3.93. The van der Waals surface area contributed by atoms with Crippen LogP contribution < -0.4 is 5.09 Å². The molecule has 2 rings (SSSR count). The second-order valence-corrected chi connectivity index (χ2v) is 6.21. The summed E-state index contributed by atoms with van der Waals surface area (Å²) in [4.78, 5) is 0. The van der Waals surface area contributed by atoms with Crippen molar-refractivity contribution in [3.63, 3.8) is 0 Å². The van der Waals surface area contributed by atoms with Gasteiger partial charge >= 0.3 is 0 Å². The van der Waals surface area contributed by atoms with Crippen LogP contribution in [0.4, 0.5) is 0 Å². The van der Waals surface area contributed by atoms with Gasteiger partial charge in [-0.3, -0.25) is 4.57 Å². The first-order valence-electron chi connectivity index (χ1n) is 4.51. The summed E-state index contributed by atoms with van der Waals surface area (Å²) in [6.45, 7) is 8.06. The summed E-state index contributed by atoms with van der Waals surface area (Å²) in [7, 11) is -2.28. The van der Waals surface area contributed by atoms with Crippen LogP contribution in [-0.2, 0) is 4.57 Å². The highest BCUT2D eigenvalue weighted by atomic mass is 31.2. The highest BCUT2D eigenvalue weighted by Crippen LogP contribution is 2.56. The molecule has 0 atom stereocenters. The lowest BCUT2D eigenvalue weighted by Crippen LogP contribution is -2.26. The third-order valence-corrected chi connectivity index (χ3v) is 5.23. The minimum Gasteiger partial charge on any atom is -0.270 e. The Morgan fingerprint density at radius 2 is 1.58 bits per heavy atom. The molecule has 4 nitrogen and oxygen atoms in total. The van der Waals surface area contributed by atoms with Crippen LogP contribution in [0, 0.1) is 0 Å². The van der Waals surface area contributed by atoms with Crippen LogP contribution in [-0.4, -0.2) is 41.6 Å². The molecule has 5 heteroatoms. The van der Waals surface area contributed by atoms with Gasteiger partial charge in [0.25, 0.3) is 7.59 Å². The van der Waals surface area contributed by atoms with Crippen molar-refractivity contribution >= 4 is 7.59 Å². The molecule has 0 bridgehead atoms. The summed E-state index contributed by atoms with van der Waals surface area (Å²) in [5.41, 5.74) is 0. The molecule has 0 aromatic heterocycles. The molecule has 0 radical (unpaired) electrons. The van der Waals surface area contributed by atoms with Gasteiger partial charge in [0.2, 0.25) is 0 Å². The van der Waals surface area contributed by atoms with Gasteiger partial charge in [-0.05, 0) is 13.8 Å². The highest BCUT2D eigenvalue weighted by molar-refractivity contribution is 7.57. The first-order chi connectivity index (χ1) is 5.63. The van der Waals surface area contributed by atoms with E-state index in [1.54, 1.807) is 0 Å². The van der Waals surface area contributed by atoms with E-state index >= 15 is 0 Å². The second kappa shape index (κ2) is 2.81. The van der Waals surface area contributed by atoms with Gasteiger partial charge in [0.05, 0.1) is 0 Å². The molecular formula is C7H16N3OP. The fraction of sp³-hybridized carbons (Fsp3) is 1.00. The normalized spacial score (nSPS) is 24.9. The van der Waals surface area contributed by atoms with Crippen molar-refractivity contribution in [2.75, 3.05) is 26.2 Å². The highest BCUT2D eigenvalue weighted by Gasteiger charge is 2.47. The van der Waals surface area contributed by atoms with Crippen LogP contribution in [0.2, 0.25) is 0 Å². The van der Waals surface area contributed by atoms with Gasteiger partial charge in [-0.25, -0.2) is 14.4 Å². The van der Waals surface area contributed by atoms with Gasteiger partial charge in [-0.1, -0.05) is 0 Å². The minimum absolute atomic E-state index is 0.303. The number of rotatable bonds is 4. The molecule has 2 fully saturated rings. The molecule has 0 aliphatic carbocycles. The molecule has 70 valence electrons. The first kappa shape index (κ1) is 8.70. The average molecular weight is 189 g/mol. The largest absolute Gasteiger partial charge is 0.284 e. The Bertz CT molecular complexity index is 207. The van der Waals surface area contributed by atoms with Crippen LogP contribution in [0.1, 0.15) is 13.8 Å². The second-order valence-electron chi connectivity index (χ2n) is 3.74. The van der Waals surface area contributed by atoms with Crippen LogP contribution in [0.3, 0.4) is 0 Å². The molecule has 0 aromatic rings. The summed E-state index contributed by atoms with van der Waals surface area (Å²) >= 11 is 0. The van der Waals surface area contributed by atoms with Crippen molar-refractivity contribution in [3.05, 3.63) is 0 Å². The number of nitrogens with one attached hydrogen (secondary N) is 1.